The molecule has 3 aromatic rings. The molecule has 0 atom stereocenters. The van der Waals surface area contributed by atoms with Crippen LogP contribution in [0.5, 0.6) is 5.75 Å². The lowest BCUT2D eigenvalue weighted by Gasteiger charge is -2.07. The number of nitrogen functional groups attached to an aromatic ring is 1. The van der Waals surface area contributed by atoms with Crippen LogP contribution in [0, 0.1) is 6.92 Å². The second-order valence-electron chi connectivity index (χ2n) is 4.60. The fourth-order valence-electron chi connectivity index (χ4n) is 2.16. The molecule has 0 aliphatic carbocycles. The molecular weight excluding hydrogens is 252 g/mol. The minimum atomic E-state index is 0.555. The maximum absolute atomic E-state index is 5.93. The Kier molecular flexibility index (Phi) is 3.25. The average Bonchev–Trinajstić information content (AvgIpc) is 2.88. The predicted octanol–water partition coefficient (Wildman–Crippen LogP) is 2.24. The molecule has 0 aliphatic rings. The fraction of sp³-hybridized carbons (Fsp3) is 0.200. The monoisotopic (exact) mass is 268 g/mol. The van der Waals surface area contributed by atoms with Gasteiger partial charge in [-0.1, -0.05) is 18.2 Å². The molecule has 0 bridgehead atoms. The van der Waals surface area contributed by atoms with E-state index in [4.69, 9.17) is 10.5 Å². The van der Waals surface area contributed by atoms with Crippen LogP contribution in [-0.2, 0) is 6.42 Å². The van der Waals surface area contributed by atoms with E-state index >= 15 is 0 Å². The zero-order valence-electron chi connectivity index (χ0n) is 11.3. The normalized spacial score (nSPS) is 10.8. The Morgan fingerprint density at radius 1 is 1.10 bits per heavy atom. The van der Waals surface area contributed by atoms with Gasteiger partial charge in [0, 0.05) is 12.1 Å². The smallest absolute Gasteiger partial charge is 0.161 e. The number of aromatic nitrogens is 3. The van der Waals surface area contributed by atoms with Gasteiger partial charge in [-0.25, -0.2) is 0 Å². The van der Waals surface area contributed by atoms with Crippen molar-refractivity contribution in [2.75, 3.05) is 12.3 Å². The molecule has 0 fully saturated rings. The van der Waals surface area contributed by atoms with Gasteiger partial charge in [0.05, 0.1) is 12.3 Å². The summed E-state index contributed by atoms with van der Waals surface area (Å²) in [4.78, 5) is 0. The number of pyridine rings is 1. The molecular formula is C15H16N4O. The quantitative estimate of drug-likeness (QED) is 0.788. The molecule has 20 heavy (non-hydrogen) atoms. The zero-order valence-corrected chi connectivity index (χ0v) is 11.3. The van der Waals surface area contributed by atoms with Crippen LogP contribution in [0.15, 0.2) is 42.5 Å². The van der Waals surface area contributed by atoms with E-state index < -0.39 is 0 Å². The van der Waals surface area contributed by atoms with Crippen molar-refractivity contribution < 1.29 is 4.74 Å². The molecule has 0 spiro atoms. The highest BCUT2D eigenvalue weighted by molar-refractivity contribution is 5.52. The molecule has 5 nitrogen and oxygen atoms in total. The third-order valence-corrected chi connectivity index (χ3v) is 3.26. The lowest BCUT2D eigenvalue weighted by molar-refractivity contribution is 0.318. The SMILES string of the molecule is Cc1c(N)ccc2nnc(CCOc3ccccc3)n12. The maximum atomic E-state index is 5.93. The molecule has 1 aromatic carbocycles. The van der Waals surface area contributed by atoms with Gasteiger partial charge in [-0.3, -0.25) is 4.40 Å². The number of nitrogens with zero attached hydrogens (tertiary/aromatic N) is 3. The second kappa shape index (κ2) is 5.21. The van der Waals surface area contributed by atoms with Gasteiger partial charge < -0.3 is 10.5 Å². The fourth-order valence-corrected chi connectivity index (χ4v) is 2.16. The molecule has 0 saturated heterocycles. The Morgan fingerprint density at radius 3 is 2.70 bits per heavy atom. The van der Waals surface area contributed by atoms with E-state index in [0.29, 0.717) is 13.0 Å². The highest BCUT2D eigenvalue weighted by Crippen LogP contribution is 2.15. The van der Waals surface area contributed by atoms with Gasteiger partial charge in [0.25, 0.3) is 0 Å². The average molecular weight is 268 g/mol. The van der Waals surface area contributed by atoms with Crippen molar-refractivity contribution in [1.82, 2.24) is 14.6 Å². The number of benzene rings is 1. The molecule has 2 aromatic heterocycles. The van der Waals surface area contributed by atoms with E-state index in [1.165, 1.54) is 0 Å². The Hall–Kier alpha value is -2.56. The first kappa shape index (κ1) is 12.5. The van der Waals surface area contributed by atoms with Crippen molar-refractivity contribution in [3.05, 3.63) is 54.0 Å². The van der Waals surface area contributed by atoms with E-state index in [1.807, 2.05) is 53.8 Å². The van der Waals surface area contributed by atoms with Gasteiger partial charge in [-0.2, -0.15) is 0 Å². The third kappa shape index (κ3) is 2.30. The zero-order chi connectivity index (χ0) is 13.9. The summed E-state index contributed by atoms with van der Waals surface area (Å²) in [6.45, 7) is 2.52. The molecule has 0 saturated carbocycles. The van der Waals surface area contributed by atoms with Gasteiger partial charge in [0.1, 0.15) is 11.6 Å². The first-order valence-electron chi connectivity index (χ1n) is 6.52. The van der Waals surface area contributed by atoms with Gasteiger partial charge in [-0.05, 0) is 31.2 Å². The van der Waals surface area contributed by atoms with Crippen LogP contribution in [0.4, 0.5) is 5.69 Å². The number of fused-ring (bicyclic) bond motifs is 1. The predicted molar refractivity (Wildman–Crippen MR) is 77.8 cm³/mol. The number of ether oxygens (including phenoxy) is 1. The minimum Gasteiger partial charge on any atom is -0.493 e. The Bertz CT molecular complexity index is 721. The summed E-state index contributed by atoms with van der Waals surface area (Å²) in [5, 5.41) is 8.35. The largest absolute Gasteiger partial charge is 0.493 e. The molecule has 3 rings (SSSR count). The lowest BCUT2D eigenvalue weighted by Crippen LogP contribution is -2.07. The first-order chi connectivity index (χ1) is 9.75. The van der Waals surface area contributed by atoms with E-state index in [2.05, 4.69) is 10.2 Å². The number of aryl methyl sites for hydroxylation is 1. The standard InChI is InChI=1S/C15H16N4O/c1-11-13(16)7-8-14-17-18-15(19(11)14)9-10-20-12-5-3-2-4-6-12/h2-8H,9-10,16H2,1H3. The summed E-state index contributed by atoms with van der Waals surface area (Å²) in [6, 6.07) is 13.5. The van der Waals surface area contributed by atoms with E-state index in [0.717, 1.165) is 28.6 Å². The van der Waals surface area contributed by atoms with Crippen LogP contribution >= 0.6 is 0 Å². The molecule has 102 valence electrons. The van der Waals surface area contributed by atoms with Crippen molar-refractivity contribution in [2.45, 2.75) is 13.3 Å². The number of para-hydroxylation sites is 1. The summed E-state index contributed by atoms with van der Waals surface area (Å²) in [6.07, 6.45) is 0.681. The summed E-state index contributed by atoms with van der Waals surface area (Å²) >= 11 is 0. The number of anilines is 1. The van der Waals surface area contributed by atoms with E-state index in [9.17, 15) is 0 Å². The first-order valence-corrected chi connectivity index (χ1v) is 6.52. The Morgan fingerprint density at radius 2 is 1.90 bits per heavy atom. The van der Waals surface area contributed by atoms with Crippen molar-refractivity contribution >= 4 is 11.3 Å². The maximum Gasteiger partial charge on any atom is 0.161 e. The van der Waals surface area contributed by atoms with E-state index in [-0.39, 0.29) is 0 Å². The Balaban J connectivity index is 1.76. The molecule has 5 heteroatoms. The molecule has 0 amide bonds. The topological polar surface area (TPSA) is 65.4 Å². The molecule has 2 N–H and O–H groups in total. The summed E-state index contributed by atoms with van der Waals surface area (Å²) in [7, 11) is 0. The molecule has 0 unspecified atom stereocenters. The van der Waals surface area contributed by atoms with Gasteiger partial charge in [0.2, 0.25) is 0 Å². The van der Waals surface area contributed by atoms with Crippen molar-refractivity contribution in [3.8, 4) is 5.75 Å². The van der Waals surface area contributed by atoms with E-state index in [1.54, 1.807) is 0 Å². The van der Waals surface area contributed by atoms with Crippen molar-refractivity contribution in [1.29, 1.82) is 0 Å². The van der Waals surface area contributed by atoms with Gasteiger partial charge in [-0.15, -0.1) is 10.2 Å². The van der Waals surface area contributed by atoms with Crippen molar-refractivity contribution in [3.63, 3.8) is 0 Å². The minimum absolute atomic E-state index is 0.555. The van der Waals surface area contributed by atoms with Crippen LogP contribution in [0.1, 0.15) is 11.5 Å². The highest BCUT2D eigenvalue weighted by Gasteiger charge is 2.09. The Labute approximate surface area is 117 Å². The molecule has 0 radical (unpaired) electrons. The summed E-state index contributed by atoms with van der Waals surface area (Å²) < 4.78 is 7.66. The summed E-state index contributed by atoms with van der Waals surface area (Å²) in [5.41, 5.74) is 8.44. The van der Waals surface area contributed by atoms with Crippen LogP contribution < -0.4 is 10.5 Å². The van der Waals surface area contributed by atoms with Gasteiger partial charge >= 0.3 is 0 Å². The van der Waals surface area contributed by atoms with Crippen LogP contribution in [0.3, 0.4) is 0 Å². The van der Waals surface area contributed by atoms with Gasteiger partial charge in [0.15, 0.2) is 5.65 Å². The number of hydrogen-bond acceptors (Lipinski definition) is 4. The molecule has 0 aliphatic heterocycles. The highest BCUT2D eigenvalue weighted by atomic mass is 16.5. The second-order valence-corrected chi connectivity index (χ2v) is 4.60. The third-order valence-electron chi connectivity index (χ3n) is 3.26. The van der Waals surface area contributed by atoms with Crippen LogP contribution in [0.2, 0.25) is 0 Å². The number of nitrogens with two attached hydrogens (primary N) is 1. The molecule has 2 heterocycles. The number of rotatable bonds is 4. The number of hydrogen-bond donors (Lipinski definition) is 1. The lowest BCUT2D eigenvalue weighted by atomic mass is 10.3. The summed E-state index contributed by atoms with van der Waals surface area (Å²) in [5.74, 6) is 1.72. The van der Waals surface area contributed by atoms with Crippen molar-refractivity contribution in [2.24, 2.45) is 0 Å². The van der Waals surface area contributed by atoms with Crippen LogP contribution in [0.25, 0.3) is 5.65 Å². The van der Waals surface area contributed by atoms with Crippen LogP contribution in [-0.4, -0.2) is 21.2 Å².